The van der Waals surface area contributed by atoms with Crippen LogP contribution in [0.25, 0.3) is 0 Å². The Labute approximate surface area is 61.6 Å². The van der Waals surface area contributed by atoms with Crippen LogP contribution in [0, 0.1) is 0 Å². The zero-order chi connectivity index (χ0) is 6.43. The highest BCUT2D eigenvalue weighted by atomic mass is 79.9. The minimum atomic E-state index is -0.367. The number of hydrogen-bond donors (Lipinski definition) is 1. The summed E-state index contributed by atoms with van der Waals surface area (Å²) in [5.41, 5.74) is 0. The maximum atomic E-state index is 9.16. The molecule has 9 heavy (non-hydrogen) atoms. The second kappa shape index (κ2) is 1.81. The van der Waals surface area contributed by atoms with Crippen molar-refractivity contribution < 1.29 is 9.84 Å². The van der Waals surface area contributed by atoms with Crippen LogP contribution in [0.1, 0.15) is 0 Å². The summed E-state index contributed by atoms with van der Waals surface area (Å²) in [6.45, 7) is 0. The fourth-order valence-corrected chi connectivity index (χ4v) is 1.67. The summed E-state index contributed by atoms with van der Waals surface area (Å²) in [5.74, 6) is 0. The first-order valence-electron chi connectivity index (χ1n) is 2.95. The molecule has 0 aromatic carbocycles. The van der Waals surface area contributed by atoms with Crippen molar-refractivity contribution in [2.45, 2.75) is 23.1 Å². The van der Waals surface area contributed by atoms with Gasteiger partial charge in [-0.1, -0.05) is 28.1 Å². The van der Waals surface area contributed by atoms with Crippen molar-refractivity contribution in [1.82, 2.24) is 0 Å². The number of hydrogen-bond acceptors (Lipinski definition) is 2. The van der Waals surface area contributed by atoms with E-state index >= 15 is 0 Å². The van der Waals surface area contributed by atoms with Gasteiger partial charge in [-0.3, -0.25) is 0 Å². The Kier molecular flexibility index (Phi) is 1.18. The van der Waals surface area contributed by atoms with Crippen molar-refractivity contribution in [2.75, 3.05) is 0 Å². The number of ether oxygens (including phenoxy) is 1. The topological polar surface area (TPSA) is 32.8 Å². The molecule has 0 aromatic heterocycles. The second-order valence-corrected chi connectivity index (χ2v) is 3.44. The predicted octanol–water partition coefficient (Wildman–Crippen LogP) is 0.448. The van der Waals surface area contributed by atoms with Gasteiger partial charge in [0.1, 0.15) is 12.2 Å². The summed E-state index contributed by atoms with van der Waals surface area (Å²) in [6.07, 6.45) is 3.82. The number of halogens is 1. The van der Waals surface area contributed by atoms with Crippen molar-refractivity contribution in [1.29, 1.82) is 0 Å². The van der Waals surface area contributed by atoms with Crippen molar-refractivity contribution >= 4 is 15.9 Å². The minimum Gasteiger partial charge on any atom is -0.388 e. The third-order valence-electron chi connectivity index (χ3n) is 1.70. The maximum absolute atomic E-state index is 9.16. The highest BCUT2D eigenvalue weighted by molar-refractivity contribution is 9.09. The van der Waals surface area contributed by atoms with Crippen LogP contribution >= 0.6 is 15.9 Å². The van der Waals surface area contributed by atoms with E-state index in [0.717, 1.165) is 0 Å². The molecule has 3 heteroatoms. The molecule has 1 fully saturated rings. The summed E-state index contributed by atoms with van der Waals surface area (Å²) in [5, 5.41) is 9.16. The Balaban J connectivity index is 2.16. The lowest BCUT2D eigenvalue weighted by Gasteiger charge is -2.12. The van der Waals surface area contributed by atoms with Gasteiger partial charge in [0.2, 0.25) is 0 Å². The molecule has 0 amide bonds. The number of fused-ring (bicyclic) bond motifs is 1. The quantitative estimate of drug-likeness (QED) is 0.342. The van der Waals surface area contributed by atoms with Crippen LogP contribution in [0.2, 0.25) is 0 Å². The molecule has 4 atom stereocenters. The van der Waals surface area contributed by atoms with Crippen molar-refractivity contribution in [3.8, 4) is 0 Å². The zero-order valence-corrected chi connectivity index (χ0v) is 6.28. The number of alkyl halides is 1. The van der Waals surface area contributed by atoms with Gasteiger partial charge in [-0.2, -0.15) is 0 Å². The molecule has 0 bridgehead atoms. The number of epoxide rings is 1. The molecular formula is C6H7BrO2. The zero-order valence-electron chi connectivity index (χ0n) is 4.70. The van der Waals surface area contributed by atoms with Gasteiger partial charge in [0, 0.05) is 0 Å². The standard InChI is InChI=1S/C6H7BrO2/c7-5-3(8)1-2-4-6(5)9-4/h1-6,8H/t3-,4-,5+,6-/m1/s1. The highest BCUT2D eigenvalue weighted by Gasteiger charge is 2.47. The molecule has 1 aliphatic heterocycles. The van der Waals surface area contributed by atoms with Gasteiger partial charge < -0.3 is 9.84 Å². The molecule has 0 unspecified atom stereocenters. The van der Waals surface area contributed by atoms with Crippen LogP contribution in [-0.2, 0) is 4.74 Å². The van der Waals surface area contributed by atoms with Crippen molar-refractivity contribution in [2.24, 2.45) is 0 Å². The Hall–Kier alpha value is 0.140. The molecule has 2 rings (SSSR count). The highest BCUT2D eigenvalue weighted by Crippen LogP contribution is 2.36. The smallest absolute Gasteiger partial charge is 0.104 e. The third kappa shape index (κ3) is 0.838. The summed E-state index contributed by atoms with van der Waals surface area (Å²) < 4.78 is 5.17. The van der Waals surface area contributed by atoms with Gasteiger partial charge in [0.25, 0.3) is 0 Å². The molecule has 1 heterocycles. The SMILES string of the molecule is O[C@@H]1C=C[C@H]2O[C@H]2[C@H]1Br. The van der Waals surface area contributed by atoms with E-state index in [-0.39, 0.29) is 23.1 Å². The Morgan fingerprint density at radius 3 is 2.89 bits per heavy atom. The molecule has 1 saturated heterocycles. The first-order chi connectivity index (χ1) is 4.29. The maximum Gasteiger partial charge on any atom is 0.104 e. The molecule has 1 N–H and O–H groups in total. The van der Waals surface area contributed by atoms with Crippen LogP contribution < -0.4 is 0 Å². The molecule has 0 saturated carbocycles. The number of rotatable bonds is 0. The fourth-order valence-electron chi connectivity index (χ4n) is 1.07. The van der Waals surface area contributed by atoms with E-state index in [2.05, 4.69) is 15.9 Å². The van der Waals surface area contributed by atoms with Crippen LogP contribution in [0.15, 0.2) is 12.2 Å². The van der Waals surface area contributed by atoms with E-state index in [4.69, 9.17) is 9.84 Å². The van der Waals surface area contributed by atoms with E-state index in [1.54, 1.807) is 6.08 Å². The molecule has 0 aromatic rings. The fraction of sp³-hybridized carbons (Fsp3) is 0.667. The van der Waals surface area contributed by atoms with Gasteiger partial charge in [-0.05, 0) is 0 Å². The molecular weight excluding hydrogens is 184 g/mol. The van der Waals surface area contributed by atoms with Crippen molar-refractivity contribution in [3.05, 3.63) is 12.2 Å². The molecule has 1 aliphatic carbocycles. The average Bonchev–Trinajstić information content (AvgIpc) is 2.58. The van der Waals surface area contributed by atoms with Crippen LogP contribution in [0.4, 0.5) is 0 Å². The summed E-state index contributed by atoms with van der Waals surface area (Å²) >= 11 is 3.33. The van der Waals surface area contributed by atoms with Gasteiger partial charge in [-0.25, -0.2) is 0 Å². The Morgan fingerprint density at radius 2 is 2.22 bits per heavy atom. The van der Waals surface area contributed by atoms with Gasteiger partial charge >= 0.3 is 0 Å². The van der Waals surface area contributed by atoms with Crippen molar-refractivity contribution in [3.63, 3.8) is 0 Å². The average molecular weight is 191 g/mol. The first kappa shape index (κ1) is 5.89. The second-order valence-electron chi connectivity index (χ2n) is 2.39. The lowest BCUT2D eigenvalue weighted by atomic mass is 10.1. The lowest BCUT2D eigenvalue weighted by molar-refractivity contribution is 0.206. The normalized spacial score (nSPS) is 54.9. The summed E-state index contributed by atoms with van der Waals surface area (Å²) in [4.78, 5) is 0.104. The van der Waals surface area contributed by atoms with Gasteiger partial charge in [0.05, 0.1) is 10.9 Å². The molecule has 2 nitrogen and oxygen atoms in total. The monoisotopic (exact) mass is 190 g/mol. The number of aliphatic hydroxyl groups excluding tert-OH is 1. The van der Waals surface area contributed by atoms with E-state index in [1.807, 2.05) is 6.08 Å². The molecule has 2 aliphatic rings. The number of aliphatic hydroxyl groups is 1. The van der Waals surface area contributed by atoms with Gasteiger partial charge in [-0.15, -0.1) is 0 Å². The third-order valence-corrected chi connectivity index (χ3v) is 2.76. The molecule has 0 radical (unpaired) electrons. The van der Waals surface area contributed by atoms with E-state index in [0.29, 0.717) is 0 Å². The van der Waals surface area contributed by atoms with Gasteiger partial charge in [0.15, 0.2) is 0 Å². The van der Waals surface area contributed by atoms with E-state index < -0.39 is 0 Å². The summed E-state index contributed by atoms with van der Waals surface area (Å²) in [6, 6.07) is 0. The minimum absolute atomic E-state index is 0.104. The van der Waals surface area contributed by atoms with Crippen LogP contribution in [0.3, 0.4) is 0 Å². The van der Waals surface area contributed by atoms with Crippen LogP contribution in [-0.4, -0.2) is 28.2 Å². The Morgan fingerprint density at radius 1 is 1.44 bits per heavy atom. The van der Waals surface area contributed by atoms with Crippen LogP contribution in [0.5, 0.6) is 0 Å². The first-order valence-corrected chi connectivity index (χ1v) is 3.86. The predicted molar refractivity (Wildman–Crippen MR) is 36.5 cm³/mol. The lowest BCUT2D eigenvalue weighted by Crippen LogP contribution is -2.27. The summed E-state index contributed by atoms with van der Waals surface area (Å²) in [7, 11) is 0. The Bertz CT molecular complexity index is 157. The van der Waals surface area contributed by atoms with E-state index in [9.17, 15) is 0 Å². The molecule has 0 spiro atoms. The molecule has 50 valence electrons. The largest absolute Gasteiger partial charge is 0.388 e. The van der Waals surface area contributed by atoms with E-state index in [1.165, 1.54) is 0 Å².